The molecule has 0 saturated carbocycles. The third kappa shape index (κ3) is 6.15. The van der Waals surface area contributed by atoms with Gasteiger partial charge in [0, 0.05) is 30.3 Å². The van der Waals surface area contributed by atoms with E-state index in [9.17, 15) is 9.59 Å². The Labute approximate surface area is 169 Å². The predicted octanol–water partition coefficient (Wildman–Crippen LogP) is 3.69. The molecule has 0 aliphatic carbocycles. The number of amides is 3. The summed E-state index contributed by atoms with van der Waals surface area (Å²) in [6.45, 7) is 6.21. The van der Waals surface area contributed by atoms with Gasteiger partial charge in [-0.25, -0.2) is 4.79 Å². The average molecular weight is 402 g/mol. The predicted molar refractivity (Wildman–Crippen MR) is 112 cm³/mol. The van der Waals surface area contributed by atoms with Gasteiger partial charge >= 0.3 is 6.03 Å². The molecule has 0 bridgehead atoms. The van der Waals surface area contributed by atoms with E-state index in [1.54, 1.807) is 11.3 Å². The van der Waals surface area contributed by atoms with Gasteiger partial charge in [-0.15, -0.1) is 11.3 Å². The summed E-state index contributed by atoms with van der Waals surface area (Å²) in [6, 6.07) is 9.30. The molecule has 1 atom stereocenters. The number of anilines is 1. The normalized spacial score (nSPS) is 16.3. The Morgan fingerprint density at radius 3 is 2.82 bits per heavy atom. The number of rotatable bonds is 7. The van der Waals surface area contributed by atoms with Gasteiger partial charge in [0.2, 0.25) is 5.91 Å². The van der Waals surface area contributed by atoms with E-state index in [0.717, 1.165) is 30.6 Å². The number of urea groups is 1. The van der Waals surface area contributed by atoms with Crippen molar-refractivity contribution in [3.05, 3.63) is 51.7 Å². The monoisotopic (exact) mass is 401 g/mol. The molecule has 2 heterocycles. The van der Waals surface area contributed by atoms with Crippen molar-refractivity contribution in [2.75, 3.05) is 25.0 Å². The number of imide groups is 1. The van der Waals surface area contributed by atoms with Crippen LogP contribution in [-0.4, -0.2) is 42.6 Å². The first-order valence-electron chi connectivity index (χ1n) is 9.54. The molecule has 150 valence electrons. The van der Waals surface area contributed by atoms with Gasteiger partial charge in [-0.2, -0.15) is 0 Å². The molecular formula is C21H27N3O3S. The van der Waals surface area contributed by atoms with Crippen LogP contribution in [0.5, 0.6) is 0 Å². The first-order valence-corrected chi connectivity index (χ1v) is 10.4. The Kier molecular flexibility index (Phi) is 7.19. The number of nitrogens with zero attached hydrogens (tertiary/aromatic N) is 1. The molecule has 0 spiro atoms. The fourth-order valence-electron chi connectivity index (χ4n) is 3.36. The molecule has 28 heavy (non-hydrogen) atoms. The SMILES string of the molecule is Cc1ccc(NC(=O)NC(=O)CN(Cc2cccs2)CC2CCCO2)c(C)c1. The van der Waals surface area contributed by atoms with Gasteiger partial charge in [-0.3, -0.25) is 15.0 Å². The molecule has 6 nitrogen and oxygen atoms in total. The van der Waals surface area contributed by atoms with E-state index in [0.29, 0.717) is 18.8 Å². The Bertz CT molecular complexity index is 801. The van der Waals surface area contributed by atoms with Crippen LogP contribution < -0.4 is 10.6 Å². The highest BCUT2D eigenvalue weighted by atomic mass is 32.1. The second-order valence-corrected chi connectivity index (χ2v) is 8.24. The van der Waals surface area contributed by atoms with Gasteiger partial charge in [-0.1, -0.05) is 23.8 Å². The summed E-state index contributed by atoms with van der Waals surface area (Å²) >= 11 is 1.66. The highest BCUT2D eigenvalue weighted by molar-refractivity contribution is 7.09. The van der Waals surface area contributed by atoms with Crippen molar-refractivity contribution in [1.82, 2.24) is 10.2 Å². The van der Waals surface area contributed by atoms with Gasteiger partial charge in [0.25, 0.3) is 0 Å². The number of carbonyl (C=O) groups is 2. The average Bonchev–Trinajstić information content (AvgIpc) is 3.31. The fraction of sp³-hybridized carbons (Fsp3) is 0.429. The minimum atomic E-state index is -0.509. The van der Waals surface area contributed by atoms with Crippen molar-refractivity contribution in [1.29, 1.82) is 0 Å². The molecule has 1 aromatic heterocycles. The number of thiophene rings is 1. The maximum Gasteiger partial charge on any atom is 0.325 e. The largest absolute Gasteiger partial charge is 0.377 e. The van der Waals surface area contributed by atoms with Gasteiger partial charge in [0.1, 0.15) is 0 Å². The maximum absolute atomic E-state index is 12.4. The molecule has 7 heteroatoms. The molecule has 3 amide bonds. The summed E-state index contributed by atoms with van der Waals surface area (Å²) in [6.07, 6.45) is 2.22. The van der Waals surface area contributed by atoms with E-state index in [-0.39, 0.29) is 18.6 Å². The Hall–Kier alpha value is -2.22. The summed E-state index contributed by atoms with van der Waals surface area (Å²) in [5.74, 6) is -0.322. The van der Waals surface area contributed by atoms with Crippen molar-refractivity contribution in [3.63, 3.8) is 0 Å². The number of carbonyl (C=O) groups excluding carboxylic acids is 2. The topological polar surface area (TPSA) is 70.7 Å². The summed E-state index contributed by atoms with van der Waals surface area (Å²) in [5.41, 5.74) is 2.78. The number of hydrogen-bond acceptors (Lipinski definition) is 5. The van der Waals surface area contributed by atoms with Crippen molar-refractivity contribution in [2.24, 2.45) is 0 Å². The van der Waals surface area contributed by atoms with Crippen LogP contribution in [0, 0.1) is 13.8 Å². The molecule has 2 N–H and O–H groups in total. The van der Waals surface area contributed by atoms with Crippen LogP contribution in [0.3, 0.4) is 0 Å². The third-order valence-corrected chi connectivity index (χ3v) is 5.56. The second-order valence-electron chi connectivity index (χ2n) is 7.20. The van der Waals surface area contributed by atoms with Crippen LogP contribution in [-0.2, 0) is 16.1 Å². The second kappa shape index (κ2) is 9.82. The number of nitrogens with one attached hydrogen (secondary N) is 2. The van der Waals surface area contributed by atoms with E-state index < -0.39 is 6.03 Å². The highest BCUT2D eigenvalue weighted by Crippen LogP contribution is 2.17. The Morgan fingerprint density at radius 2 is 2.14 bits per heavy atom. The van der Waals surface area contributed by atoms with Crippen molar-refractivity contribution in [3.8, 4) is 0 Å². The van der Waals surface area contributed by atoms with E-state index in [1.165, 1.54) is 4.88 Å². The third-order valence-electron chi connectivity index (χ3n) is 4.70. The minimum Gasteiger partial charge on any atom is -0.377 e. The molecule has 3 rings (SSSR count). The van der Waals surface area contributed by atoms with E-state index in [4.69, 9.17) is 4.74 Å². The first kappa shape index (κ1) is 20.5. The van der Waals surface area contributed by atoms with Crippen LogP contribution in [0.2, 0.25) is 0 Å². The summed E-state index contributed by atoms with van der Waals surface area (Å²) in [5, 5.41) is 7.21. The number of benzene rings is 1. The zero-order valence-corrected chi connectivity index (χ0v) is 17.2. The lowest BCUT2D eigenvalue weighted by Crippen LogP contribution is -2.43. The van der Waals surface area contributed by atoms with Crippen molar-refractivity contribution in [2.45, 2.75) is 39.3 Å². The van der Waals surface area contributed by atoms with Crippen LogP contribution in [0.1, 0.15) is 28.8 Å². The molecule has 1 fully saturated rings. The smallest absolute Gasteiger partial charge is 0.325 e. The standard InChI is InChI=1S/C21H27N3O3S/c1-15-7-8-19(16(2)11-15)22-21(26)23-20(25)14-24(12-17-5-3-9-27-17)13-18-6-4-10-28-18/h4,6-8,10-11,17H,3,5,9,12-14H2,1-2H3,(H2,22,23,25,26). The van der Waals surface area contributed by atoms with E-state index in [1.807, 2.05) is 48.4 Å². The van der Waals surface area contributed by atoms with Gasteiger partial charge in [0.15, 0.2) is 0 Å². The number of hydrogen-bond donors (Lipinski definition) is 2. The van der Waals surface area contributed by atoms with Crippen LogP contribution >= 0.6 is 11.3 Å². The van der Waals surface area contributed by atoms with Gasteiger partial charge < -0.3 is 10.1 Å². The highest BCUT2D eigenvalue weighted by Gasteiger charge is 2.22. The van der Waals surface area contributed by atoms with E-state index >= 15 is 0 Å². The van der Waals surface area contributed by atoms with E-state index in [2.05, 4.69) is 16.7 Å². The zero-order chi connectivity index (χ0) is 19.9. The van der Waals surface area contributed by atoms with Crippen molar-refractivity contribution < 1.29 is 14.3 Å². The molecule has 1 saturated heterocycles. The summed E-state index contributed by atoms with van der Waals surface area (Å²) in [4.78, 5) is 27.9. The minimum absolute atomic E-state index is 0.150. The molecule has 1 aliphatic heterocycles. The number of aryl methyl sites for hydroxylation is 2. The van der Waals surface area contributed by atoms with Crippen LogP contribution in [0.15, 0.2) is 35.7 Å². The maximum atomic E-state index is 12.4. The molecule has 1 aromatic carbocycles. The molecular weight excluding hydrogens is 374 g/mol. The quantitative estimate of drug-likeness (QED) is 0.742. The zero-order valence-electron chi connectivity index (χ0n) is 16.4. The van der Waals surface area contributed by atoms with Gasteiger partial charge in [0.05, 0.1) is 12.6 Å². The van der Waals surface area contributed by atoms with Crippen LogP contribution in [0.25, 0.3) is 0 Å². The number of ether oxygens (including phenoxy) is 1. The lowest BCUT2D eigenvalue weighted by molar-refractivity contribution is -0.121. The fourth-order valence-corrected chi connectivity index (χ4v) is 4.11. The molecule has 0 radical (unpaired) electrons. The lowest BCUT2D eigenvalue weighted by Gasteiger charge is -2.24. The summed E-state index contributed by atoms with van der Waals surface area (Å²) < 4.78 is 5.72. The van der Waals surface area contributed by atoms with Crippen LogP contribution in [0.4, 0.5) is 10.5 Å². The first-order chi connectivity index (χ1) is 13.5. The van der Waals surface area contributed by atoms with Gasteiger partial charge in [-0.05, 0) is 49.8 Å². The molecule has 1 aliphatic rings. The Morgan fingerprint density at radius 1 is 1.29 bits per heavy atom. The molecule has 2 aromatic rings. The van der Waals surface area contributed by atoms with Crippen molar-refractivity contribution >= 4 is 29.0 Å². The molecule has 1 unspecified atom stereocenters. The lowest BCUT2D eigenvalue weighted by atomic mass is 10.1. The summed E-state index contributed by atoms with van der Waals surface area (Å²) in [7, 11) is 0. The Balaban J connectivity index is 1.54.